The maximum Gasteiger partial charge on any atom is 0.169 e. The van der Waals surface area contributed by atoms with Crippen molar-refractivity contribution in [1.29, 1.82) is 0 Å². The van der Waals surface area contributed by atoms with Crippen LogP contribution in [0, 0.1) is 0 Å². The first-order valence-electron chi connectivity index (χ1n) is 3.89. The summed E-state index contributed by atoms with van der Waals surface area (Å²) in [6, 6.07) is 7.26. The van der Waals surface area contributed by atoms with Crippen molar-refractivity contribution >= 4 is 23.5 Å². The summed E-state index contributed by atoms with van der Waals surface area (Å²) in [6.07, 6.45) is 3.15. The number of benzene rings is 1. The molecule has 1 aromatic carbocycles. The number of nitrogens with two attached hydrogens (primary N) is 1. The number of carbonyl (C=O) groups is 1. The van der Waals surface area contributed by atoms with Gasteiger partial charge in [-0.2, -0.15) is 0 Å². The van der Waals surface area contributed by atoms with E-state index in [1.807, 2.05) is 12.1 Å². The lowest BCUT2D eigenvalue weighted by molar-refractivity contribution is -0.113. The van der Waals surface area contributed by atoms with Gasteiger partial charge in [0.2, 0.25) is 0 Å². The topological polar surface area (TPSA) is 43.1 Å². The molecular formula is C10H10ClNO. The van der Waals surface area contributed by atoms with Crippen molar-refractivity contribution in [2.75, 3.05) is 6.54 Å². The molecular weight excluding hydrogens is 186 g/mol. The van der Waals surface area contributed by atoms with E-state index in [1.165, 1.54) is 6.08 Å². The van der Waals surface area contributed by atoms with Crippen LogP contribution >= 0.6 is 11.6 Å². The van der Waals surface area contributed by atoms with Crippen molar-refractivity contribution in [1.82, 2.24) is 0 Å². The van der Waals surface area contributed by atoms with Crippen LogP contribution in [0.15, 0.2) is 30.3 Å². The standard InChI is InChI=1S/C10H10ClNO/c11-9-3-1-2-8(6-9)4-5-10(13)7-12/h1-6H,7,12H2/b5-4+. The highest BCUT2D eigenvalue weighted by Gasteiger charge is 1.91. The third-order valence-corrected chi connectivity index (χ3v) is 1.75. The van der Waals surface area contributed by atoms with Crippen LogP contribution in [0.2, 0.25) is 5.02 Å². The summed E-state index contributed by atoms with van der Waals surface area (Å²) in [5, 5.41) is 0.655. The van der Waals surface area contributed by atoms with Crippen LogP contribution in [-0.4, -0.2) is 12.3 Å². The van der Waals surface area contributed by atoms with E-state index in [4.69, 9.17) is 17.3 Å². The molecule has 0 heterocycles. The summed E-state index contributed by atoms with van der Waals surface area (Å²) in [7, 11) is 0. The van der Waals surface area contributed by atoms with Gasteiger partial charge >= 0.3 is 0 Å². The van der Waals surface area contributed by atoms with Crippen molar-refractivity contribution in [3.8, 4) is 0 Å². The second-order valence-corrected chi connectivity index (χ2v) is 3.00. The molecule has 1 rings (SSSR count). The Morgan fingerprint density at radius 2 is 2.31 bits per heavy atom. The Bertz CT molecular complexity index is 333. The van der Waals surface area contributed by atoms with Gasteiger partial charge in [-0.05, 0) is 23.8 Å². The molecule has 0 saturated carbocycles. The van der Waals surface area contributed by atoms with E-state index in [-0.39, 0.29) is 12.3 Å². The Kier molecular flexibility index (Phi) is 3.68. The second kappa shape index (κ2) is 4.80. The van der Waals surface area contributed by atoms with Crippen molar-refractivity contribution < 1.29 is 4.79 Å². The minimum absolute atomic E-state index is 0.0388. The van der Waals surface area contributed by atoms with Crippen molar-refractivity contribution in [3.05, 3.63) is 40.9 Å². The zero-order valence-corrected chi connectivity index (χ0v) is 7.79. The van der Waals surface area contributed by atoms with Crippen molar-refractivity contribution in [2.24, 2.45) is 5.73 Å². The molecule has 0 aromatic heterocycles. The van der Waals surface area contributed by atoms with Gasteiger partial charge in [0.05, 0.1) is 6.54 Å². The van der Waals surface area contributed by atoms with Crippen molar-refractivity contribution in [3.63, 3.8) is 0 Å². The van der Waals surface area contributed by atoms with Gasteiger partial charge in [0.15, 0.2) is 5.78 Å². The van der Waals surface area contributed by atoms with Crippen LogP contribution < -0.4 is 5.73 Å². The smallest absolute Gasteiger partial charge is 0.169 e. The molecule has 0 atom stereocenters. The summed E-state index contributed by atoms with van der Waals surface area (Å²) in [5.74, 6) is -0.0972. The van der Waals surface area contributed by atoms with Gasteiger partial charge in [-0.3, -0.25) is 4.79 Å². The molecule has 0 aliphatic rings. The van der Waals surface area contributed by atoms with Gasteiger partial charge in [0, 0.05) is 5.02 Å². The van der Waals surface area contributed by atoms with E-state index in [0.29, 0.717) is 5.02 Å². The maximum absolute atomic E-state index is 10.8. The molecule has 0 unspecified atom stereocenters. The highest BCUT2D eigenvalue weighted by molar-refractivity contribution is 6.30. The predicted octanol–water partition coefficient (Wildman–Crippen LogP) is 1.88. The maximum atomic E-state index is 10.8. The summed E-state index contributed by atoms with van der Waals surface area (Å²) >= 11 is 5.75. The van der Waals surface area contributed by atoms with Crippen LogP contribution in [0.3, 0.4) is 0 Å². The van der Waals surface area contributed by atoms with Gasteiger partial charge in [-0.1, -0.05) is 29.8 Å². The Balaban J connectivity index is 2.74. The van der Waals surface area contributed by atoms with Gasteiger partial charge in [0.1, 0.15) is 0 Å². The lowest BCUT2D eigenvalue weighted by atomic mass is 10.2. The fraction of sp³-hybridized carbons (Fsp3) is 0.100. The number of hydrogen-bond donors (Lipinski definition) is 1. The van der Waals surface area contributed by atoms with Crippen LogP contribution in [0.5, 0.6) is 0 Å². The fourth-order valence-electron chi connectivity index (χ4n) is 0.867. The summed E-state index contributed by atoms with van der Waals surface area (Å²) in [4.78, 5) is 10.8. The first-order chi connectivity index (χ1) is 6.22. The van der Waals surface area contributed by atoms with Crippen LogP contribution in [0.4, 0.5) is 0 Å². The number of carbonyl (C=O) groups excluding carboxylic acids is 1. The normalized spacial score (nSPS) is 10.6. The Morgan fingerprint density at radius 3 is 2.92 bits per heavy atom. The zero-order chi connectivity index (χ0) is 9.68. The molecule has 2 N–H and O–H groups in total. The molecule has 0 saturated heterocycles. The lowest BCUT2D eigenvalue weighted by Crippen LogP contribution is -2.09. The Hall–Kier alpha value is -1.12. The number of hydrogen-bond acceptors (Lipinski definition) is 2. The minimum Gasteiger partial charge on any atom is -0.324 e. The molecule has 0 bridgehead atoms. The quantitative estimate of drug-likeness (QED) is 0.749. The SMILES string of the molecule is NCC(=O)/C=C/c1cccc(Cl)c1. The summed E-state index contributed by atoms with van der Waals surface area (Å²) < 4.78 is 0. The van der Waals surface area contributed by atoms with Crippen molar-refractivity contribution in [2.45, 2.75) is 0 Å². The molecule has 3 heteroatoms. The fourth-order valence-corrected chi connectivity index (χ4v) is 1.07. The average molecular weight is 196 g/mol. The molecule has 0 aliphatic heterocycles. The van der Waals surface area contributed by atoms with E-state index in [0.717, 1.165) is 5.56 Å². The number of halogens is 1. The summed E-state index contributed by atoms with van der Waals surface area (Å²) in [6.45, 7) is 0.0388. The zero-order valence-electron chi connectivity index (χ0n) is 7.03. The van der Waals surface area contributed by atoms with E-state index in [2.05, 4.69) is 0 Å². The molecule has 68 valence electrons. The van der Waals surface area contributed by atoms with Gasteiger partial charge in [-0.25, -0.2) is 0 Å². The van der Waals surface area contributed by atoms with Crippen LogP contribution in [0.1, 0.15) is 5.56 Å². The third kappa shape index (κ3) is 3.40. The number of ketones is 1. The monoisotopic (exact) mass is 195 g/mol. The molecule has 1 aromatic rings. The predicted molar refractivity (Wildman–Crippen MR) is 54.5 cm³/mol. The highest BCUT2D eigenvalue weighted by atomic mass is 35.5. The lowest BCUT2D eigenvalue weighted by Gasteiger charge is -1.93. The summed E-state index contributed by atoms with van der Waals surface area (Å²) in [5.41, 5.74) is 6.04. The van der Waals surface area contributed by atoms with Gasteiger partial charge in [0.25, 0.3) is 0 Å². The molecule has 0 amide bonds. The van der Waals surface area contributed by atoms with Crippen LogP contribution in [-0.2, 0) is 4.79 Å². The Morgan fingerprint density at radius 1 is 1.54 bits per heavy atom. The first kappa shape index (κ1) is 9.96. The van der Waals surface area contributed by atoms with Gasteiger partial charge < -0.3 is 5.73 Å². The second-order valence-electron chi connectivity index (χ2n) is 2.56. The van der Waals surface area contributed by atoms with E-state index < -0.39 is 0 Å². The average Bonchev–Trinajstić information content (AvgIpc) is 2.14. The Labute approximate surface area is 82.0 Å². The first-order valence-corrected chi connectivity index (χ1v) is 4.26. The van der Waals surface area contributed by atoms with E-state index in [1.54, 1.807) is 18.2 Å². The van der Waals surface area contributed by atoms with Gasteiger partial charge in [-0.15, -0.1) is 0 Å². The molecule has 2 nitrogen and oxygen atoms in total. The highest BCUT2D eigenvalue weighted by Crippen LogP contribution is 2.11. The molecule has 0 radical (unpaired) electrons. The van der Waals surface area contributed by atoms with E-state index in [9.17, 15) is 4.79 Å². The van der Waals surface area contributed by atoms with E-state index >= 15 is 0 Å². The molecule has 0 spiro atoms. The minimum atomic E-state index is -0.0972. The third-order valence-electron chi connectivity index (χ3n) is 1.51. The largest absolute Gasteiger partial charge is 0.324 e. The molecule has 0 aliphatic carbocycles. The number of rotatable bonds is 3. The molecule has 13 heavy (non-hydrogen) atoms. The molecule has 0 fully saturated rings. The van der Waals surface area contributed by atoms with Crippen LogP contribution in [0.25, 0.3) is 6.08 Å².